The van der Waals surface area contributed by atoms with Gasteiger partial charge in [0.15, 0.2) is 0 Å². The first-order valence-corrected chi connectivity index (χ1v) is 6.13. The largest absolute Gasteiger partial charge is 0.374 e. The summed E-state index contributed by atoms with van der Waals surface area (Å²) in [6.07, 6.45) is 8.04. The van der Waals surface area contributed by atoms with Crippen LogP contribution < -0.4 is 5.32 Å². The lowest BCUT2D eigenvalue weighted by molar-refractivity contribution is 0.497. The molecular weight excluding hydrogens is 172 g/mol. The second kappa shape index (κ2) is 4.81. The summed E-state index contributed by atoms with van der Waals surface area (Å²) in [5, 5.41) is 3.53. The molecule has 2 heteroatoms. The second-order valence-electron chi connectivity index (χ2n) is 4.83. The molecule has 1 aliphatic carbocycles. The van der Waals surface area contributed by atoms with Gasteiger partial charge in [-0.3, -0.25) is 4.99 Å². The molecular formula is C12H22N2. The zero-order valence-electron chi connectivity index (χ0n) is 9.26. The number of hydrogen-bond acceptors (Lipinski definition) is 2. The quantitative estimate of drug-likeness (QED) is 0.733. The first kappa shape index (κ1) is 10.0. The molecule has 1 fully saturated rings. The minimum absolute atomic E-state index is 0.848. The molecule has 1 N–H and O–H groups in total. The molecule has 1 unspecified atom stereocenters. The van der Waals surface area contributed by atoms with E-state index in [-0.39, 0.29) is 0 Å². The summed E-state index contributed by atoms with van der Waals surface area (Å²) < 4.78 is 0. The highest BCUT2D eigenvalue weighted by atomic mass is 15.0. The van der Waals surface area contributed by atoms with Crippen molar-refractivity contribution in [1.29, 1.82) is 0 Å². The van der Waals surface area contributed by atoms with Crippen molar-refractivity contribution in [1.82, 2.24) is 5.32 Å². The zero-order chi connectivity index (χ0) is 9.80. The summed E-state index contributed by atoms with van der Waals surface area (Å²) in [6, 6.07) is 0. The van der Waals surface area contributed by atoms with Crippen LogP contribution in [-0.4, -0.2) is 18.9 Å². The van der Waals surface area contributed by atoms with E-state index in [1.807, 2.05) is 0 Å². The SMILES string of the molecule is CC(CNC1=NCCCCC1)C1CC1. The van der Waals surface area contributed by atoms with E-state index >= 15 is 0 Å². The van der Waals surface area contributed by atoms with E-state index < -0.39 is 0 Å². The highest BCUT2D eigenvalue weighted by Crippen LogP contribution is 2.36. The van der Waals surface area contributed by atoms with Crippen molar-refractivity contribution in [3.05, 3.63) is 0 Å². The van der Waals surface area contributed by atoms with Crippen molar-refractivity contribution < 1.29 is 0 Å². The summed E-state index contributed by atoms with van der Waals surface area (Å²) in [7, 11) is 0. The van der Waals surface area contributed by atoms with Crippen LogP contribution in [0.3, 0.4) is 0 Å². The maximum absolute atomic E-state index is 4.58. The van der Waals surface area contributed by atoms with E-state index in [0.717, 1.165) is 24.9 Å². The number of amidine groups is 1. The van der Waals surface area contributed by atoms with Gasteiger partial charge in [-0.2, -0.15) is 0 Å². The number of nitrogens with zero attached hydrogens (tertiary/aromatic N) is 1. The summed E-state index contributed by atoms with van der Waals surface area (Å²) in [5.74, 6) is 3.13. The lowest BCUT2D eigenvalue weighted by Gasteiger charge is -2.13. The van der Waals surface area contributed by atoms with Crippen LogP contribution in [0, 0.1) is 11.8 Å². The van der Waals surface area contributed by atoms with Gasteiger partial charge in [0.1, 0.15) is 0 Å². The Morgan fingerprint density at radius 3 is 3.00 bits per heavy atom. The molecule has 0 amide bonds. The molecule has 2 nitrogen and oxygen atoms in total. The molecule has 2 aliphatic rings. The summed E-state index contributed by atoms with van der Waals surface area (Å²) in [4.78, 5) is 4.58. The first-order valence-electron chi connectivity index (χ1n) is 6.13. The zero-order valence-corrected chi connectivity index (χ0v) is 9.26. The third-order valence-electron chi connectivity index (χ3n) is 3.43. The Morgan fingerprint density at radius 1 is 1.36 bits per heavy atom. The minimum atomic E-state index is 0.848. The molecule has 0 saturated heterocycles. The molecule has 0 aromatic heterocycles. The lowest BCUT2D eigenvalue weighted by Crippen LogP contribution is -2.28. The number of hydrogen-bond donors (Lipinski definition) is 1. The van der Waals surface area contributed by atoms with E-state index in [0.29, 0.717) is 0 Å². The van der Waals surface area contributed by atoms with Gasteiger partial charge >= 0.3 is 0 Å². The van der Waals surface area contributed by atoms with Crippen LogP contribution in [0.5, 0.6) is 0 Å². The molecule has 80 valence electrons. The molecule has 0 spiro atoms. The van der Waals surface area contributed by atoms with Crippen molar-refractivity contribution in [3.63, 3.8) is 0 Å². The number of aliphatic imine (C=N–C) groups is 1. The standard InChI is InChI=1S/C12H22N2/c1-10(11-6-7-11)9-14-12-5-3-2-4-8-13-12/h10-11H,2-9H2,1H3,(H,13,14). The van der Waals surface area contributed by atoms with Crippen molar-refractivity contribution >= 4 is 5.84 Å². The highest BCUT2D eigenvalue weighted by Gasteiger charge is 2.27. The Hall–Kier alpha value is -0.530. The monoisotopic (exact) mass is 194 g/mol. The molecule has 0 aromatic carbocycles. The van der Waals surface area contributed by atoms with E-state index in [1.165, 1.54) is 44.4 Å². The Labute approximate surface area is 87.2 Å². The van der Waals surface area contributed by atoms with Gasteiger partial charge in [0.05, 0.1) is 5.84 Å². The third-order valence-corrected chi connectivity index (χ3v) is 3.43. The predicted molar refractivity (Wildman–Crippen MR) is 60.7 cm³/mol. The van der Waals surface area contributed by atoms with Crippen molar-refractivity contribution in [2.24, 2.45) is 16.8 Å². The van der Waals surface area contributed by atoms with Crippen molar-refractivity contribution in [2.75, 3.05) is 13.1 Å². The van der Waals surface area contributed by atoms with Crippen molar-refractivity contribution in [2.45, 2.75) is 45.4 Å². The normalized spacial score (nSPS) is 25.1. The van der Waals surface area contributed by atoms with Gasteiger partial charge in [-0.25, -0.2) is 0 Å². The molecule has 0 bridgehead atoms. The second-order valence-corrected chi connectivity index (χ2v) is 4.83. The molecule has 2 rings (SSSR count). The average Bonchev–Trinajstić information content (AvgIpc) is 3.01. The fraction of sp³-hybridized carbons (Fsp3) is 0.917. The van der Waals surface area contributed by atoms with E-state index in [4.69, 9.17) is 0 Å². The van der Waals surface area contributed by atoms with Crippen LogP contribution in [0.2, 0.25) is 0 Å². The predicted octanol–water partition coefficient (Wildman–Crippen LogP) is 2.59. The summed E-state index contributed by atoms with van der Waals surface area (Å²) >= 11 is 0. The molecule has 1 aliphatic heterocycles. The third kappa shape index (κ3) is 3.00. The van der Waals surface area contributed by atoms with Crippen LogP contribution in [0.25, 0.3) is 0 Å². The molecule has 0 aromatic rings. The lowest BCUT2D eigenvalue weighted by atomic mass is 10.1. The molecule has 1 atom stereocenters. The van der Waals surface area contributed by atoms with Crippen LogP contribution in [0.15, 0.2) is 4.99 Å². The Kier molecular flexibility index (Phi) is 3.44. The van der Waals surface area contributed by atoms with Gasteiger partial charge in [0.2, 0.25) is 0 Å². The Morgan fingerprint density at radius 2 is 2.21 bits per heavy atom. The number of nitrogens with one attached hydrogen (secondary N) is 1. The first-order chi connectivity index (χ1) is 6.86. The highest BCUT2D eigenvalue weighted by molar-refractivity contribution is 5.82. The van der Waals surface area contributed by atoms with Crippen LogP contribution in [0.1, 0.15) is 45.4 Å². The molecule has 14 heavy (non-hydrogen) atoms. The van der Waals surface area contributed by atoms with E-state index in [9.17, 15) is 0 Å². The molecule has 1 saturated carbocycles. The van der Waals surface area contributed by atoms with Gasteiger partial charge in [-0.15, -0.1) is 0 Å². The van der Waals surface area contributed by atoms with Gasteiger partial charge in [0, 0.05) is 19.5 Å². The van der Waals surface area contributed by atoms with Gasteiger partial charge in [0.25, 0.3) is 0 Å². The van der Waals surface area contributed by atoms with E-state index in [1.54, 1.807) is 0 Å². The molecule has 0 radical (unpaired) electrons. The fourth-order valence-corrected chi connectivity index (χ4v) is 2.13. The molecule has 1 heterocycles. The summed E-state index contributed by atoms with van der Waals surface area (Å²) in [6.45, 7) is 4.55. The smallest absolute Gasteiger partial charge is 0.0963 e. The maximum Gasteiger partial charge on any atom is 0.0963 e. The van der Waals surface area contributed by atoms with Crippen molar-refractivity contribution in [3.8, 4) is 0 Å². The van der Waals surface area contributed by atoms with Gasteiger partial charge < -0.3 is 5.32 Å². The Bertz CT molecular complexity index is 206. The van der Waals surface area contributed by atoms with Gasteiger partial charge in [-0.05, 0) is 37.5 Å². The van der Waals surface area contributed by atoms with Crippen LogP contribution in [-0.2, 0) is 0 Å². The van der Waals surface area contributed by atoms with Gasteiger partial charge in [-0.1, -0.05) is 13.3 Å². The Balaban J connectivity index is 1.69. The average molecular weight is 194 g/mol. The topological polar surface area (TPSA) is 24.4 Å². The van der Waals surface area contributed by atoms with Crippen LogP contribution in [0.4, 0.5) is 0 Å². The number of rotatable bonds is 3. The fourth-order valence-electron chi connectivity index (χ4n) is 2.13. The van der Waals surface area contributed by atoms with Crippen LogP contribution >= 0.6 is 0 Å². The maximum atomic E-state index is 4.58. The van der Waals surface area contributed by atoms with E-state index in [2.05, 4.69) is 17.2 Å². The minimum Gasteiger partial charge on any atom is -0.374 e. The summed E-state index contributed by atoms with van der Waals surface area (Å²) in [5.41, 5.74) is 0.